The molecule has 1 saturated heterocycles. The number of aromatic amines is 1. The van der Waals surface area contributed by atoms with Crippen LogP contribution in [0.3, 0.4) is 0 Å². The van der Waals surface area contributed by atoms with E-state index in [0.29, 0.717) is 29.7 Å². The minimum atomic E-state index is -1.20. The van der Waals surface area contributed by atoms with E-state index in [0.717, 1.165) is 46.2 Å². The van der Waals surface area contributed by atoms with Gasteiger partial charge in [-0.05, 0) is 48.5 Å². The van der Waals surface area contributed by atoms with Gasteiger partial charge in [0.05, 0.1) is 11.1 Å². The number of amides is 2. The van der Waals surface area contributed by atoms with Gasteiger partial charge in [-0.1, -0.05) is 24.3 Å². The van der Waals surface area contributed by atoms with Crippen LogP contribution in [-0.4, -0.2) is 70.3 Å². The van der Waals surface area contributed by atoms with Crippen LogP contribution < -0.4 is 10.5 Å². The smallest absolute Gasteiger partial charge is 0.254 e. The number of aromatic nitrogens is 1. The van der Waals surface area contributed by atoms with Crippen LogP contribution >= 0.6 is 0 Å². The third-order valence-electron chi connectivity index (χ3n) is 6.49. The molecule has 1 aliphatic heterocycles. The molecule has 9 heteroatoms. The van der Waals surface area contributed by atoms with Gasteiger partial charge in [0, 0.05) is 60.0 Å². The molecule has 5 rings (SSSR count). The van der Waals surface area contributed by atoms with Gasteiger partial charge in [0.1, 0.15) is 11.0 Å². The number of hydrogen-bond donors (Lipinski definition) is 3. The van der Waals surface area contributed by atoms with Crippen LogP contribution in [0.1, 0.15) is 20.7 Å². The number of nitrogens with zero attached hydrogens (tertiary/aromatic N) is 2. The van der Waals surface area contributed by atoms with Crippen molar-refractivity contribution in [1.82, 2.24) is 14.8 Å². The minimum absolute atomic E-state index is 0.000320. The molecule has 1 atom stereocenters. The van der Waals surface area contributed by atoms with E-state index in [1.54, 1.807) is 12.3 Å². The summed E-state index contributed by atoms with van der Waals surface area (Å²) in [7, 11) is 0.855. The Hall–Kier alpha value is -3.69. The summed E-state index contributed by atoms with van der Waals surface area (Å²) in [6.07, 6.45) is 1.58. The molecule has 4 N–H and O–H groups in total. The Balaban J connectivity index is 1.64. The fourth-order valence-corrected chi connectivity index (χ4v) is 5.16. The first-order valence-corrected chi connectivity index (χ1v) is 12.9. The first kappa shape index (κ1) is 23.1. The first-order valence-electron chi connectivity index (χ1n) is 11.4. The van der Waals surface area contributed by atoms with Gasteiger partial charge >= 0.3 is 0 Å². The van der Waals surface area contributed by atoms with E-state index in [4.69, 9.17) is 5.73 Å². The van der Waals surface area contributed by atoms with E-state index in [1.165, 1.54) is 0 Å². The maximum absolute atomic E-state index is 13.1. The second-order valence-corrected chi connectivity index (χ2v) is 10.0. The molecular weight excluding hydrogens is 462 g/mol. The second kappa shape index (κ2) is 9.16. The lowest BCUT2D eigenvalue weighted by Gasteiger charge is -2.32. The molecule has 0 aliphatic carbocycles. The van der Waals surface area contributed by atoms with Crippen molar-refractivity contribution in [3.63, 3.8) is 0 Å². The lowest BCUT2D eigenvalue weighted by molar-refractivity contribution is 0.0664. The number of anilines is 1. The van der Waals surface area contributed by atoms with Gasteiger partial charge in [0.15, 0.2) is 0 Å². The molecule has 0 spiro atoms. The van der Waals surface area contributed by atoms with Crippen LogP contribution in [0.15, 0.2) is 54.6 Å². The van der Waals surface area contributed by atoms with E-state index >= 15 is 0 Å². The van der Waals surface area contributed by atoms with Crippen LogP contribution in [0.25, 0.3) is 32.9 Å². The Bertz CT molecular complexity index is 1490. The van der Waals surface area contributed by atoms with Gasteiger partial charge < -0.3 is 25.2 Å². The fraction of sp³-hybridized carbons (Fsp3) is 0.231. The maximum atomic E-state index is 13.1. The van der Waals surface area contributed by atoms with Crippen LogP contribution in [0, 0.1) is 0 Å². The molecule has 1 aromatic heterocycles. The standard InChI is InChI=1S/C26H27N5O3S/c1-30-10-12-31(13-11-30)26(33)17-6-7-20-22(15-17)28-24-21(25(27)32)9-8-19(23(20)24)16-4-3-5-18(14-16)29-35(2)34/h3-9,14-15,28-29H,10-13H2,1-2H3,(H2,27,32). The Morgan fingerprint density at radius 2 is 1.80 bits per heavy atom. The summed E-state index contributed by atoms with van der Waals surface area (Å²) in [5.74, 6) is -0.529. The Morgan fingerprint density at radius 3 is 2.51 bits per heavy atom. The average molecular weight is 490 g/mol. The zero-order valence-corrected chi connectivity index (χ0v) is 20.4. The lowest BCUT2D eigenvalue weighted by Crippen LogP contribution is -2.47. The van der Waals surface area contributed by atoms with Crippen LogP contribution in [0.2, 0.25) is 0 Å². The molecule has 1 fully saturated rings. The van der Waals surface area contributed by atoms with Gasteiger partial charge in [-0.15, -0.1) is 0 Å². The minimum Gasteiger partial charge on any atom is -0.366 e. The second-order valence-electron chi connectivity index (χ2n) is 8.89. The quantitative estimate of drug-likeness (QED) is 0.400. The molecule has 180 valence electrons. The zero-order valence-electron chi connectivity index (χ0n) is 19.6. The van der Waals surface area contributed by atoms with Crippen molar-refractivity contribution in [2.75, 3.05) is 44.2 Å². The van der Waals surface area contributed by atoms with Gasteiger partial charge in [-0.2, -0.15) is 0 Å². The van der Waals surface area contributed by atoms with Crippen LogP contribution in [0.4, 0.5) is 5.69 Å². The van der Waals surface area contributed by atoms with Crippen molar-refractivity contribution in [1.29, 1.82) is 0 Å². The van der Waals surface area contributed by atoms with Crippen LogP contribution in [0.5, 0.6) is 0 Å². The molecule has 35 heavy (non-hydrogen) atoms. The number of carbonyl (C=O) groups excluding carboxylic acids is 2. The molecule has 4 aromatic rings. The van der Waals surface area contributed by atoms with E-state index in [1.807, 2.05) is 53.4 Å². The number of rotatable bonds is 5. The average Bonchev–Trinajstić information content (AvgIpc) is 3.22. The topological polar surface area (TPSA) is 112 Å². The summed E-state index contributed by atoms with van der Waals surface area (Å²) in [5.41, 5.74) is 10.6. The molecule has 8 nitrogen and oxygen atoms in total. The summed E-state index contributed by atoms with van der Waals surface area (Å²) in [6, 6.07) is 16.8. The SMILES string of the molecule is CN1CCN(C(=O)c2ccc3c(c2)[nH]c2c(C(N)=O)ccc(-c4cccc(NS(C)=O)c4)c23)CC1. The molecule has 2 amide bonds. The molecule has 2 heterocycles. The number of H-pyrrole nitrogens is 1. The Labute approximate surface area is 205 Å². The molecular formula is C26H27N5O3S. The number of benzene rings is 3. The number of nitrogens with one attached hydrogen (secondary N) is 2. The van der Waals surface area contributed by atoms with Crippen LogP contribution in [-0.2, 0) is 11.0 Å². The van der Waals surface area contributed by atoms with Crippen molar-refractivity contribution < 1.29 is 13.8 Å². The highest BCUT2D eigenvalue weighted by Crippen LogP contribution is 2.37. The predicted molar refractivity (Wildman–Crippen MR) is 141 cm³/mol. The van der Waals surface area contributed by atoms with E-state index in [9.17, 15) is 13.8 Å². The molecule has 0 bridgehead atoms. The third-order valence-corrected chi connectivity index (χ3v) is 7.02. The third kappa shape index (κ3) is 4.40. The van der Waals surface area contributed by atoms with Gasteiger partial charge in [-0.3, -0.25) is 9.59 Å². The highest BCUT2D eigenvalue weighted by atomic mass is 32.2. The van der Waals surface area contributed by atoms with Gasteiger partial charge in [-0.25, -0.2) is 4.21 Å². The van der Waals surface area contributed by atoms with Crippen molar-refractivity contribution >= 4 is 50.3 Å². The molecule has 0 saturated carbocycles. The summed E-state index contributed by atoms with van der Waals surface area (Å²) in [4.78, 5) is 32.8. The van der Waals surface area contributed by atoms with Gasteiger partial charge in [0.2, 0.25) is 0 Å². The summed E-state index contributed by atoms with van der Waals surface area (Å²) in [6.45, 7) is 3.10. The molecule has 0 radical (unpaired) electrons. The van der Waals surface area contributed by atoms with E-state index < -0.39 is 16.9 Å². The number of nitrogens with two attached hydrogens (primary N) is 1. The fourth-order valence-electron chi connectivity index (χ4n) is 4.70. The first-order chi connectivity index (χ1) is 16.8. The lowest BCUT2D eigenvalue weighted by atomic mass is 9.96. The van der Waals surface area contributed by atoms with E-state index in [2.05, 4.69) is 21.7 Å². The predicted octanol–water partition coefficient (Wildman–Crippen LogP) is 3.18. The number of likely N-dealkylation sites (N-methyl/N-ethyl adjacent to an activating group) is 1. The Kier molecular flexibility index (Phi) is 6.04. The highest BCUT2D eigenvalue weighted by Gasteiger charge is 2.22. The molecule has 1 unspecified atom stereocenters. The number of fused-ring (bicyclic) bond motifs is 3. The summed E-state index contributed by atoms with van der Waals surface area (Å²) < 4.78 is 14.6. The number of primary amides is 1. The molecule has 1 aliphatic rings. The van der Waals surface area contributed by atoms with E-state index in [-0.39, 0.29) is 5.91 Å². The number of hydrogen-bond acceptors (Lipinski definition) is 4. The zero-order chi connectivity index (χ0) is 24.7. The van der Waals surface area contributed by atoms with Crippen molar-refractivity contribution in [2.24, 2.45) is 5.73 Å². The van der Waals surface area contributed by atoms with Crippen molar-refractivity contribution in [3.05, 3.63) is 65.7 Å². The number of piperazine rings is 1. The van der Waals surface area contributed by atoms with Crippen molar-refractivity contribution in [3.8, 4) is 11.1 Å². The summed E-state index contributed by atoms with van der Waals surface area (Å²) in [5, 5.41) is 1.75. The van der Waals surface area contributed by atoms with Crippen molar-refractivity contribution in [2.45, 2.75) is 0 Å². The Morgan fingerprint density at radius 1 is 1.03 bits per heavy atom. The summed E-state index contributed by atoms with van der Waals surface area (Å²) >= 11 is 0. The molecule has 3 aromatic carbocycles. The highest BCUT2D eigenvalue weighted by molar-refractivity contribution is 7.85. The normalized spacial score (nSPS) is 15.4. The monoisotopic (exact) mass is 489 g/mol. The number of carbonyl (C=O) groups is 2. The van der Waals surface area contributed by atoms with Gasteiger partial charge in [0.25, 0.3) is 11.8 Å². The largest absolute Gasteiger partial charge is 0.366 e. The maximum Gasteiger partial charge on any atom is 0.254 e.